The summed E-state index contributed by atoms with van der Waals surface area (Å²) in [6, 6.07) is 80.1. The third kappa shape index (κ3) is 4.82. The molecule has 0 bridgehead atoms. The second kappa shape index (κ2) is 12.7. The Kier molecular flexibility index (Phi) is 7.08. The van der Waals surface area contributed by atoms with Gasteiger partial charge >= 0.3 is 0 Å². The summed E-state index contributed by atoms with van der Waals surface area (Å²) < 4.78 is 0. The lowest BCUT2D eigenvalue weighted by atomic mass is 9.88. The van der Waals surface area contributed by atoms with Crippen LogP contribution in [0.2, 0.25) is 0 Å². The van der Waals surface area contributed by atoms with Gasteiger partial charge < -0.3 is 0 Å². The van der Waals surface area contributed by atoms with Crippen molar-refractivity contribution in [1.29, 1.82) is 0 Å². The van der Waals surface area contributed by atoms with E-state index in [1.54, 1.807) is 0 Å². The molecule has 0 spiro atoms. The Morgan fingerprint density at radius 2 is 0.712 bits per heavy atom. The van der Waals surface area contributed by atoms with Crippen molar-refractivity contribution in [2.24, 2.45) is 0 Å². The van der Waals surface area contributed by atoms with E-state index in [4.69, 9.17) is 0 Å². The van der Waals surface area contributed by atoms with Crippen LogP contribution in [0.15, 0.2) is 212 Å². The first-order valence-corrected chi connectivity index (χ1v) is 21.9. The molecular formula is C58H35P. The van der Waals surface area contributed by atoms with Crippen LogP contribution in [-0.2, 0) is 0 Å². The molecule has 0 N–H and O–H groups in total. The van der Waals surface area contributed by atoms with Gasteiger partial charge in [-0.25, -0.2) is 0 Å². The van der Waals surface area contributed by atoms with Gasteiger partial charge in [0.15, 0.2) is 0 Å². The van der Waals surface area contributed by atoms with E-state index in [-0.39, 0.29) is 0 Å². The Labute approximate surface area is 343 Å². The van der Waals surface area contributed by atoms with Crippen LogP contribution in [-0.4, -0.2) is 0 Å². The molecule has 12 aromatic carbocycles. The van der Waals surface area contributed by atoms with E-state index in [0.29, 0.717) is 0 Å². The molecule has 0 nitrogen and oxygen atoms in total. The van der Waals surface area contributed by atoms with Gasteiger partial charge in [0.05, 0.1) is 0 Å². The van der Waals surface area contributed by atoms with Gasteiger partial charge in [0.1, 0.15) is 0 Å². The fourth-order valence-corrected chi connectivity index (χ4v) is 13.0. The molecule has 0 amide bonds. The maximum Gasteiger partial charge on any atom is -0.00199 e. The van der Waals surface area contributed by atoms with Crippen molar-refractivity contribution in [2.45, 2.75) is 0 Å². The average molecular weight is 763 g/mol. The lowest BCUT2D eigenvalue weighted by Crippen LogP contribution is -2.22. The Bertz CT molecular complexity index is 3610. The zero-order valence-electron chi connectivity index (χ0n) is 32.2. The highest BCUT2D eigenvalue weighted by molar-refractivity contribution is 7.80. The first-order valence-electron chi connectivity index (χ1n) is 20.5. The number of fused-ring (bicyclic) bond motifs is 12. The maximum atomic E-state index is 2.49. The quantitative estimate of drug-likeness (QED) is 0.0952. The van der Waals surface area contributed by atoms with E-state index in [9.17, 15) is 0 Å². The summed E-state index contributed by atoms with van der Waals surface area (Å²) in [6.45, 7) is 0. The minimum absolute atomic E-state index is 0.996. The highest BCUT2D eigenvalue weighted by Crippen LogP contribution is 2.51. The van der Waals surface area contributed by atoms with Gasteiger partial charge in [-0.3, -0.25) is 0 Å². The van der Waals surface area contributed by atoms with E-state index in [1.165, 1.54) is 125 Å². The van der Waals surface area contributed by atoms with Crippen molar-refractivity contribution in [1.82, 2.24) is 0 Å². The van der Waals surface area contributed by atoms with E-state index in [2.05, 4.69) is 212 Å². The molecule has 0 saturated carbocycles. The van der Waals surface area contributed by atoms with Crippen molar-refractivity contribution in [3.8, 4) is 33.4 Å². The third-order valence-corrected chi connectivity index (χ3v) is 15.4. The Balaban J connectivity index is 1.09. The highest BCUT2D eigenvalue weighted by Gasteiger charge is 2.26. The molecule has 0 atom stereocenters. The number of benzene rings is 12. The molecule has 0 aromatic heterocycles. The zero-order valence-corrected chi connectivity index (χ0v) is 33.0. The molecule has 1 aliphatic rings. The largest absolute Gasteiger partial charge is 0.0616 e. The average Bonchev–Trinajstić information content (AvgIpc) is 3.63. The van der Waals surface area contributed by atoms with Crippen molar-refractivity contribution >= 4 is 99.2 Å². The normalized spacial score (nSPS) is 12.2. The van der Waals surface area contributed by atoms with Crippen LogP contribution in [0.4, 0.5) is 0 Å². The first-order chi connectivity index (χ1) is 29.3. The summed E-state index contributed by atoms with van der Waals surface area (Å²) in [5, 5.41) is 22.4. The number of rotatable bonds is 4. The molecule has 0 heterocycles. The SMILES string of the molecule is c1ccc2c(c1)-c1cccc3c1c-2cc1c(-c2ccc(P(c4cc5ccccc5c5ccccc45)c4cc5ccccc5c5ccccc45)cc2)c2ccccc2cc13. The maximum absolute atomic E-state index is 2.49. The van der Waals surface area contributed by atoms with Crippen LogP contribution in [0.25, 0.3) is 109 Å². The van der Waals surface area contributed by atoms with Gasteiger partial charge in [-0.15, -0.1) is 0 Å². The molecule has 59 heavy (non-hydrogen) atoms. The van der Waals surface area contributed by atoms with E-state index < -0.39 is 7.92 Å². The minimum atomic E-state index is -0.996. The molecule has 0 unspecified atom stereocenters. The molecule has 0 fully saturated rings. The molecule has 0 saturated heterocycles. The number of hydrogen-bond acceptors (Lipinski definition) is 0. The summed E-state index contributed by atoms with van der Waals surface area (Å²) in [5.74, 6) is 0. The number of hydrogen-bond donors (Lipinski definition) is 0. The summed E-state index contributed by atoms with van der Waals surface area (Å²) in [5.41, 5.74) is 7.87. The summed E-state index contributed by atoms with van der Waals surface area (Å²) in [6.07, 6.45) is 0. The fraction of sp³-hybridized carbons (Fsp3) is 0. The highest BCUT2D eigenvalue weighted by atomic mass is 31.1. The van der Waals surface area contributed by atoms with Gasteiger partial charge in [0.25, 0.3) is 0 Å². The van der Waals surface area contributed by atoms with E-state index >= 15 is 0 Å². The van der Waals surface area contributed by atoms with Crippen molar-refractivity contribution in [3.63, 3.8) is 0 Å². The zero-order chi connectivity index (χ0) is 38.6. The molecular weight excluding hydrogens is 728 g/mol. The van der Waals surface area contributed by atoms with E-state index in [1.807, 2.05) is 0 Å². The minimum Gasteiger partial charge on any atom is -0.0616 e. The molecule has 12 aromatic rings. The topological polar surface area (TPSA) is 0 Å². The Morgan fingerprint density at radius 3 is 1.32 bits per heavy atom. The second-order valence-corrected chi connectivity index (χ2v) is 18.1. The molecule has 1 heteroatoms. The molecule has 1 aliphatic carbocycles. The predicted octanol–water partition coefficient (Wildman–Crippen LogP) is 14.8. The molecule has 0 aliphatic heterocycles. The summed E-state index contributed by atoms with van der Waals surface area (Å²) >= 11 is 0. The Hall–Kier alpha value is -7.11. The van der Waals surface area contributed by atoms with Gasteiger partial charge in [0, 0.05) is 0 Å². The van der Waals surface area contributed by atoms with Gasteiger partial charge in [-0.05, 0) is 157 Å². The second-order valence-electron chi connectivity index (χ2n) is 16.0. The van der Waals surface area contributed by atoms with Crippen LogP contribution in [0.5, 0.6) is 0 Å². The van der Waals surface area contributed by atoms with Gasteiger partial charge in [-0.1, -0.05) is 188 Å². The standard InChI is InChI=1S/C58H35P/c1-4-17-41-38(15-1)33-55(48-24-11-9-20-44(41)48)59(56-34-39-16-2-5-18-42(39)45-21-10-12-25-49(45)56)40-30-28-36(29-31-40)57-43-19-6-3-14-37(43)32-52-51-27-13-26-50-46-22-7-8-23-47(46)53(58(50)51)35-54(52)57/h1-35H. The molecule has 0 radical (unpaired) electrons. The lowest BCUT2D eigenvalue weighted by Gasteiger charge is -2.25. The van der Waals surface area contributed by atoms with Crippen LogP contribution < -0.4 is 15.9 Å². The predicted molar refractivity (Wildman–Crippen MR) is 258 cm³/mol. The van der Waals surface area contributed by atoms with Crippen molar-refractivity contribution in [2.75, 3.05) is 0 Å². The van der Waals surface area contributed by atoms with Crippen LogP contribution in [0.1, 0.15) is 0 Å². The summed E-state index contributed by atoms with van der Waals surface area (Å²) in [4.78, 5) is 0. The first kappa shape index (κ1) is 32.9. The third-order valence-electron chi connectivity index (χ3n) is 12.9. The smallest absolute Gasteiger partial charge is 0.00199 e. The van der Waals surface area contributed by atoms with Crippen LogP contribution >= 0.6 is 7.92 Å². The lowest BCUT2D eigenvalue weighted by molar-refractivity contribution is 1.69. The van der Waals surface area contributed by atoms with Gasteiger partial charge in [-0.2, -0.15) is 0 Å². The van der Waals surface area contributed by atoms with Crippen LogP contribution in [0, 0.1) is 0 Å². The van der Waals surface area contributed by atoms with Crippen LogP contribution in [0.3, 0.4) is 0 Å². The fourth-order valence-electron chi connectivity index (χ4n) is 10.3. The summed E-state index contributed by atoms with van der Waals surface area (Å²) in [7, 11) is -0.996. The van der Waals surface area contributed by atoms with E-state index in [0.717, 1.165) is 0 Å². The Morgan fingerprint density at radius 1 is 0.254 bits per heavy atom. The van der Waals surface area contributed by atoms with Gasteiger partial charge in [0.2, 0.25) is 0 Å². The molecule has 272 valence electrons. The molecule has 13 rings (SSSR count). The van der Waals surface area contributed by atoms with Crippen molar-refractivity contribution in [3.05, 3.63) is 212 Å². The van der Waals surface area contributed by atoms with Crippen molar-refractivity contribution < 1.29 is 0 Å². The monoisotopic (exact) mass is 762 g/mol.